The predicted molar refractivity (Wildman–Crippen MR) is 151 cm³/mol. The Morgan fingerprint density at radius 1 is 1.05 bits per heavy atom. The molecule has 184 valence electrons. The number of halogens is 1. The lowest BCUT2D eigenvalue weighted by Gasteiger charge is -2.13. The maximum atomic E-state index is 13.2. The number of carboxylic acids is 1. The molecule has 1 aliphatic rings. The lowest BCUT2D eigenvalue weighted by atomic mass is 10.0. The summed E-state index contributed by atoms with van der Waals surface area (Å²) in [4.78, 5) is 31.0. The van der Waals surface area contributed by atoms with Crippen molar-refractivity contribution in [3.63, 3.8) is 0 Å². The summed E-state index contributed by atoms with van der Waals surface area (Å²) in [6, 6.07) is 26.2. The Morgan fingerprint density at radius 2 is 1.84 bits per heavy atom. The third-order valence-corrected chi connectivity index (χ3v) is 7.42. The van der Waals surface area contributed by atoms with E-state index in [0.29, 0.717) is 28.1 Å². The average molecular weight is 573 g/mol. The minimum absolute atomic E-state index is 0.137. The van der Waals surface area contributed by atoms with Gasteiger partial charge >= 0.3 is 5.97 Å². The maximum Gasteiger partial charge on any atom is 0.335 e. The first kappa shape index (κ1) is 24.8. The smallest absolute Gasteiger partial charge is 0.335 e. The number of ether oxygens (including phenoxy) is 1. The zero-order chi connectivity index (χ0) is 25.9. The number of aliphatic imine (C=N–C) groups is 1. The highest BCUT2D eigenvalue weighted by atomic mass is 79.9. The van der Waals surface area contributed by atoms with Gasteiger partial charge in [-0.05, 0) is 70.6 Å². The van der Waals surface area contributed by atoms with Gasteiger partial charge < -0.3 is 9.84 Å². The molecule has 1 N–H and O–H groups in total. The number of hydrogen-bond donors (Lipinski definition) is 1. The van der Waals surface area contributed by atoms with E-state index in [4.69, 9.17) is 4.74 Å². The summed E-state index contributed by atoms with van der Waals surface area (Å²) in [5, 5.41) is 11.7. The molecule has 1 saturated heterocycles. The van der Waals surface area contributed by atoms with Crippen molar-refractivity contribution >= 4 is 67.3 Å². The molecule has 0 aliphatic carbocycles. The lowest BCUT2D eigenvalue weighted by molar-refractivity contribution is -0.121. The number of amides is 1. The molecular weight excluding hydrogens is 552 g/mol. The Balaban J connectivity index is 1.50. The van der Waals surface area contributed by atoms with E-state index in [-0.39, 0.29) is 11.5 Å². The van der Waals surface area contributed by atoms with Crippen molar-refractivity contribution in [1.82, 2.24) is 4.90 Å². The van der Waals surface area contributed by atoms with E-state index in [1.165, 1.54) is 28.8 Å². The van der Waals surface area contributed by atoms with Gasteiger partial charge in [-0.2, -0.15) is 0 Å². The number of amidine groups is 1. The molecule has 1 fully saturated rings. The number of carbonyl (C=O) groups excluding carboxylic acids is 1. The van der Waals surface area contributed by atoms with Gasteiger partial charge in [-0.1, -0.05) is 64.5 Å². The highest BCUT2D eigenvalue weighted by molar-refractivity contribution is 9.10. The van der Waals surface area contributed by atoms with Crippen LogP contribution in [0.25, 0.3) is 16.8 Å². The molecule has 8 heteroatoms. The molecular formula is C29H21BrN2O4S. The second kappa shape index (κ2) is 10.6. The van der Waals surface area contributed by atoms with Crippen molar-refractivity contribution in [2.75, 3.05) is 7.05 Å². The van der Waals surface area contributed by atoms with Gasteiger partial charge in [-0.15, -0.1) is 0 Å². The number of hydrogen-bond acceptors (Lipinski definition) is 5. The fraction of sp³-hybridized carbons (Fsp3) is 0.0690. The largest absolute Gasteiger partial charge is 0.488 e. The zero-order valence-electron chi connectivity index (χ0n) is 19.7. The van der Waals surface area contributed by atoms with Crippen LogP contribution < -0.4 is 4.74 Å². The fourth-order valence-electron chi connectivity index (χ4n) is 3.89. The Morgan fingerprint density at radius 3 is 2.62 bits per heavy atom. The van der Waals surface area contributed by atoms with Crippen LogP contribution in [0.5, 0.6) is 5.75 Å². The van der Waals surface area contributed by atoms with E-state index in [1.54, 1.807) is 19.2 Å². The van der Waals surface area contributed by atoms with Gasteiger partial charge in [-0.25, -0.2) is 9.79 Å². The van der Waals surface area contributed by atoms with E-state index >= 15 is 0 Å². The van der Waals surface area contributed by atoms with Crippen molar-refractivity contribution in [3.8, 4) is 5.75 Å². The molecule has 0 bridgehead atoms. The number of benzene rings is 4. The first-order valence-electron chi connectivity index (χ1n) is 11.4. The van der Waals surface area contributed by atoms with Crippen molar-refractivity contribution < 1.29 is 19.4 Å². The molecule has 37 heavy (non-hydrogen) atoms. The lowest BCUT2D eigenvalue weighted by Crippen LogP contribution is -2.23. The minimum atomic E-state index is -1.03. The first-order chi connectivity index (χ1) is 17.9. The zero-order valence-corrected chi connectivity index (χ0v) is 22.1. The molecule has 6 nitrogen and oxygen atoms in total. The SMILES string of the molecule is CN1C(=O)/C(=C\c2c(OCc3ccc(Br)cc3)ccc3ccccc23)SC1=Nc1cccc(C(=O)O)c1. The molecule has 0 spiro atoms. The fourth-order valence-corrected chi connectivity index (χ4v) is 5.13. The molecule has 0 unspecified atom stereocenters. The van der Waals surface area contributed by atoms with Gasteiger partial charge in [0.25, 0.3) is 5.91 Å². The second-order valence-corrected chi connectivity index (χ2v) is 10.3. The van der Waals surface area contributed by atoms with Crippen molar-refractivity contribution in [1.29, 1.82) is 0 Å². The molecule has 4 aromatic carbocycles. The number of fused-ring (bicyclic) bond motifs is 1. The molecule has 1 amide bonds. The molecule has 0 saturated carbocycles. The number of nitrogens with zero attached hydrogens (tertiary/aromatic N) is 2. The number of rotatable bonds is 6. The maximum absolute atomic E-state index is 13.2. The van der Waals surface area contributed by atoms with Crippen LogP contribution in [0.4, 0.5) is 5.69 Å². The highest BCUT2D eigenvalue weighted by Gasteiger charge is 2.31. The third kappa shape index (κ3) is 5.45. The summed E-state index contributed by atoms with van der Waals surface area (Å²) >= 11 is 4.70. The van der Waals surface area contributed by atoms with Crippen molar-refractivity contribution in [2.45, 2.75) is 6.61 Å². The Hall–Kier alpha value is -3.88. The molecule has 4 aromatic rings. The number of likely N-dealkylation sites (N-methyl/N-ethyl adjacent to an activating group) is 1. The van der Waals surface area contributed by atoms with Crippen LogP contribution in [0.15, 0.2) is 99.3 Å². The van der Waals surface area contributed by atoms with Crippen molar-refractivity contribution in [2.24, 2.45) is 4.99 Å². The summed E-state index contributed by atoms with van der Waals surface area (Å²) in [6.45, 7) is 0.384. The van der Waals surface area contributed by atoms with Gasteiger partial charge in [-0.3, -0.25) is 9.69 Å². The van der Waals surface area contributed by atoms with E-state index < -0.39 is 5.97 Å². The van der Waals surface area contributed by atoms with Crippen molar-refractivity contribution in [3.05, 3.63) is 111 Å². The predicted octanol–water partition coefficient (Wildman–Crippen LogP) is 7.11. The quantitative estimate of drug-likeness (QED) is 0.249. The summed E-state index contributed by atoms with van der Waals surface area (Å²) in [5.74, 6) is -0.549. The van der Waals surface area contributed by atoms with E-state index in [0.717, 1.165) is 26.4 Å². The topological polar surface area (TPSA) is 79.2 Å². The summed E-state index contributed by atoms with van der Waals surface area (Å²) < 4.78 is 7.22. The van der Waals surface area contributed by atoms with Crippen LogP contribution in [0.1, 0.15) is 21.5 Å². The normalized spacial score (nSPS) is 15.6. The standard InChI is InChI=1S/C29H21BrN2O4S/c1-32-27(33)26(37-29(32)31-22-7-4-6-20(15-22)28(34)35)16-24-23-8-3-2-5-19(23)11-14-25(24)36-17-18-9-12-21(30)13-10-18/h2-16H,17H2,1H3,(H,34,35)/b26-16+,31-29?. The summed E-state index contributed by atoms with van der Waals surface area (Å²) in [5.41, 5.74) is 2.44. The molecule has 0 atom stereocenters. The van der Waals surface area contributed by atoms with Crippen LogP contribution in [0.2, 0.25) is 0 Å². The van der Waals surface area contributed by atoms with Crippen LogP contribution in [0, 0.1) is 0 Å². The number of carboxylic acid groups (broad SMARTS) is 1. The first-order valence-corrected chi connectivity index (χ1v) is 13.0. The molecule has 1 aliphatic heterocycles. The van der Waals surface area contributed by atoms with E-state index in [9.17, 15) is 14.7 Å². The van der Waals surface area contributed by atoms with Crippen LogP contribution in [-0.4, -0.2) is 34.1 Å². The number of carbonyl (C=O) groups is 2. The van der Waals surface area contributed by atoms with Gasteiger partial charge in [0.05, 0.1) is 16.2 Å². The molecule has 0 radical (unpaired) electrons. The minimum Gasteiger partial charge on any atom is -0.488 e. The Bertz CT molecular complexity index is 1580. The van der Waals surface area contributed by atoms with E-state index in [2.05, 4.69) is 20.9 Å². The summed E-state index contributed by atoms with van der Waals surface area (Å²) in [7, 11) is 1.66. The van der Waals surface area contributed by atoms with Crippen LogP contribution >= 0.6 is 27.7 Å². The average Bonchev–Trinajstić information content (AvgIpc) is 3.16. The third-order valence-electron chi connectivity index (χ3n) is 5.84. The molecule has 0 aromatic heterocycles. The monoisotopic (exact) mass is 572 g/mol. The Kier molecular flexibility index (Phi) is 7.12. The van der Waals surface area contributed by atoms with E-state index in [1.807, 2.05) is 66.7 Å². The van der Waals surface area contributed by atoms with Gasteiger partial charge in [0.2, 0.25) is 0 Å². The van der Waals surface area contributed by atoms with Crippen LogP contribution in [0.3, 0.4) is 0 Å². The number of aromatic carboxylic acids is 1. The number of thioether (sulfide) groups is 1. The van der Waals surface area contributed by atoms with Gasteiger partial charge in [0, 0.05) is 17.1 Å². The highest BCUT2D eigenvalue weighted by Crippen LogP contribution is 2.37. The summed E-state index contributed by atoms with van der Waals surface area (Å²) in [6.07, 6.45) is 1.85. The van der Waals surface area contributed by atoms with Gasteiger partial charge in [0.15, 0.2) is 5.17 Å². The van der Waals surface area contributed by atoms with Gasteiger partial charge in [0.1, 0.15) is 12.4 Å². The van der Waals surface area contributed by atoms with Crippen LogP contribution in [-0.2, 0) is 11.4 Å². The Labute approximate surface area is 226 Å². The second-order valence-electron chi connectivity index (χ2n) is 8.34. The molecule has 5 rings (SSSR count). The molecule has 1 heterocycles.